The van der Waals surface area contributed by atoms with Crippen LogP contribution >= 0.6 is 27.5 Å². The van der Waals surface area contributed by atoms with Crippen LogP contribution in [-0.2, 0) is 4.79 Å². The van der Waals surface area contributed by atoms with E-state index in [1.807, 2.05) is 6.07 Å². The SMILES string of the molecule is N#CCCN(C(=O)COc1ccc(Br)cc1Cl)c1ccccc1F. The number of anilines is 1. The largest absolute Gasteiger partial charge is 0.482 e. The summed E-state index contributed by atoms with van der Waals surface area (Å²) in [5, 5.41) is 9.10. The highest BCUT2D eigenvalue weighted by molar-refractivity contribution is 9.10. The van der Waals surface area contributed by atoms with Crippen LogP contribution < -0.4 is 9.64 Å². The first-order chi connectivity index (χ1) is 11.5. The molecule has 0 saturated carbocycles. The van der Waals surface area contributed by atoms with Gasteiger partial charge < -0.3 is 9.64 Å². The Morgan fingerprint density at radius 2 is 2.08 bits per heavy atom. The number of amides is 1. The molecule has 24 heavy (non-hydrogen) atoms. The first-order valence-electron chi connectivity index (χ1n) is 7.02. The van der Waals surface area contributed by atoms with Crippen LogP contribution in [0.3, 0.4) is 0 Å². The van der Waals surface area contributed by atoms with Gasteiger partial charge in [0.1, 0.15) is 11.6 Å². The van der Waals surface area contributed by atoms with Gasteiger partial charge in [0.25, 0.3) is 5.91 Å². The maximum Gasteiger partial charge on any atom is 0.265 e. The summed E-state index contributed by atoms with van der Waals surface area (Å²) in [7, 11) is 0. The summed E-state index contributed by atoms with van der Waals surface area (Å²) in [6.45, 7) is -0.241. The molecule has 0 aliphatic heterocycles. The Labute approximate surface area is 152 Å². The van der Waals surface area contributed by atoms with Crippen molar-refractivity contribution in [1.29, 1.82) is 5.26 Å². The van der Waals surface area contributed by atoms with Crippen LogP contribution in [0, 0.1) is 17.1 Å². The average molecular weight is 412 g/mol. The smallest absolute Gasteiger partial charge is 0.265 e. The quantitative estimate of drug-likeness (QED) is 0.700. The highest BCUT2D eigenvalue weighted by Crippen LogP contribution is 2.28. The third-order valence-electron chi connectivity index (χ3n) is 3.14. The van der Waals surface area contributed by atoms with Crippen LogP contribution in [-0.4, -0.2) is 19.1 Å². The molecular formula is C17H13BrClFN2O2. The first-order valence-corrected chi connectivity index (χ1v) is 8.19. The minimum absolute atomic E-state index is 0.0771. The second-order valence-corrected chi connectivity index (χ2v) is 6.09. The predicted molar refractivity (Wildman–Crippen MR) is 93.6 cm³/mol. The molecule has 2 rings (SSSR count). The fourth-order valence-corrected chi connectivity index (χ4v) is 2.75. The Morgan fingerprint density at radius 3 is 2.75 bits per heavy atom. The second kappa shape index (κ2) is 8.67. The monoisotopic (exact) mass is 410 g/mol. The van der Waals surface area contributed by atoms with Gasteiger partial charge in [0, 0.05) is 11.0 Å². The van der Waals surface area contributed by atoms with Gasteiger partial charge in [-0.1, -0.05) is 39.7 Å². The average Bonchev–Trinajstić information content (AvgIpc) is 2.56. The zero-order chi connectivity index (χ0) is 17.5. The zero-order valence-electron chi connectivity index (χ0n) is 12.5. The van der Waals surface area contributed by atoms with Crippen molar-refractivity contribution >= 4 is 39.1 Å². The molecule has 0 bridgehead atoms. The number of nitrogens with zero attached hydrogens (tertiary/aromatic N) is 2. The van der Waals surface area contributed by atoms with E-state index in [4.69, 9.17) is 21.6 Å². The van der Waals surface area contributed by atoms with E-state index in [0.717, 1.165) is 4.47 Å². The lowest BCUT2D eigenvalue weighted by molar-refractivity contribution is -0.120. The van der Waals surface area contributed by atoms with Gasteiger partial charge in [-0.3, -0.25) is 4.79 Å². The molecular weight excluding hydrogens is 399 g/mol. The topological polar surface area (TPSA) is 53.3 Å². The van der Waals surface area contributed by atoms with E-state index >= 15 is 0 Å². The Balaban J connectivity index is 2.13. The molecule has 0 N–H and O–H groups in total. The van der Waals surface area contributed by atoms with E-state index in [1.54, 1.807) is 24.3 Å². The Bertz CT molecular complexity index is 779. The molecule has 2 aromatic rings. The number of halogens is 3. The lowest BCUT2D eigenvalue weighted by atomic mass is 10.2. The van der Waals surface area contributed by atoms with Crippen molar-refractivity contribution < 1.29 is 13.9 Å². The number of hydrogen-bond donors (Lipinski definition) is 0. The summed E-state index contributed by atoms with van der Waals surface area (Å²) in [5.74, 6) is -0.651. The summed E-state index contributed by atoms with van der Waals surface area (Å²) in [5.41, 5.74) is 0.114. The van der Waals surface area contributed by atoms with Gasteiger partial charge in [0.2, 0.25) is 0 Å². The predicted octanol–water partition coefficient (Wildman–Crippen LogP) is 4.57. The molecule has 124 valence electrons. The van der Waals surface area contributed by atoms with E-state index in [9.17, 15) is 9.18 Å². The maximum absolute atomic E-state index is 14.0. The van der Waals surface area contributed by atoms with Crippen molar-refractivity contribution in [3.8, 4) is 11.8 Å². The molecule has 7 heteroatoms. The van der Waals surface area contributed by atoms with Gasteiger partial charge in [0.15, 0.2) is 6.61 Å². The molecule has 0 saturated heterocycles. The first kappa shape index (κ1) is 18.2. The molecule has 0 aliphatic carbocycles. The fraction of sp³-hybridized carbons (Fsp3) is 0.176. The number of hydrogen-bond acceptors (Lipinski definition) is 3. The normalized spacial score (nSPS) is 10.1. The summed E-state index contributed by atoms with van der Waals surface area (Å²) in [6, 6.07) is 12.8. The van der Waals surface area contributed by atoms with Crippen molar-refractivity contribution in [1.82, 2.24) is 0 Å². The highest BCUT2D eigenvalue weighted by atomic mass is 79.9. The number of para-hydroxylation sites is 1. The number of carbonyl (C=O) groups excluding carboxylic acids is 1. The third kappa shape index (κ3) is 4.70. The summed E-state index contributed by atoms with van der Waals surface area (Å²) >= 11 is 9.31. The zero-order valence-corrected chi connectivity index (χ0v) is 14.8. The Morgan fingerprint density at radius 1 is 1.33 bits per heavy atom. The lowest BCUT2D eigenvalue weighted by Gasteiger charge is -2.22. The minimum Gasteiger partial charge on any atom is -0.482 e. The molecule has 2 aromatic carbocycles. The molecule has 0 aromatic heterocycles. The lowest BCUT2D eigenvalue weighted by Crippen LogP contribution is -2.36. The van der Waals surface area contributed by atoms with Crippen molar-refractivity contribution in [2.45, 2.75) is 6.42 Å². The Kier molecular flexibility index (Phi) is 6.59. The summed E-state index contributed by atoms with van der Waals surface area (Å²) < 4.78 is 20.2. The van der Waals surface area contributed by atoms with E-state index in [-0.39, 0.29) is 25.3 Å². The fourth-order valence-electron chi connectivity index (χ4n) is 2.02. The standard InChI is InChI=1S/C17H13BrClFN2O2/c18-12-6-7-16(13(19)10-12)24-11-17(23)22(9-3-8-21)15-5-2-1-4-14(15)20/h1-2,4-7,10H,3,9,11H2. The number of carbonyl (C=O) groups is 1. The van der Waals surface area contributed by atoms with Gasteiger partial charge in [-0.15, -0.1) is 0 Å². The van der Waals surface area contributed by atoms with Crippen LogP contribution in [0.5, 0.6) is 5.75 Å². The van der Waals surface area contributed by atoms with E-state index < -0.39 is 11.7 Å². The number of nitriles is 1. The maximum atomic E-state index is 14.0. The number of ether oxygens (including phenoxy) is 1. The number of rotatable bonds is 6. The van der Waals surface area contributed by atoms with Crippen LogP contribution in [0.4, 0.5) is 10.1 Å². The number of benzene rings is 2. The molecule has 0 radical (unpaired) electrons. The van der Waals surface area contributed by atoms with E-state index in [1.165, 1.54) is 23.1 Å². The summed E-state index contributed by atoms with van der Waals surface area (Å²) in [4.78, 5) is 13.6. The molecule has 4 nitrogen and oxygen atoms in total. The highest BCUT2D eigenvalue weighted by Gasteiger charge is 2.19. The van der Waals surface area contributed by atoms with E-state index in [2.05, 4.69) is 15.9 Å². The van der Waals surface area contributed by atoms with Crippen LogP contribution in [0.15, 0.2) is 46.9 Å². The molecule has 0 spiro atoms. The van der Waals surface area contributed by atoms with E-state index in [0.29, 0.717) is 10.8 Å². The van der Waals surface area contributed by atoms with Crippen molar-refractivity contribution in [2.24, 2.45) is 0 Å². The van der Waals surface area contributed by atoms with Crippen LogP contribution in [0.2, 0.25) is 5.02 Å². The van der Waals surface area contributed by atoms with Gasteiger partial charge in [0.05, 0.1) is 23.2 Å². The van der Waals surface area contributed by atoms with Crippen molar-refractivity contribution in [3.63, 3.8) is 0 Å². The van der Waals surface area contributed by atoms with Crippen LogP contribution in [0.25, 0.3) is 0 Å². The second-order valence-electron chi connectivity index (χ2n) is 4.77. The molecule has 0 atom stereocenters. The Hall–Kier alpha value is -2.10. The molecule has 0 heterocycles. The molecule has 0 aliphatic rings. The van der Waals surface area contributed by atoms with Crippen molar-refractivity contribution in [3.05, 3.63) is 57.8 Å². The van der Waals surface area contributed by atoms with Gasteiger partial charge in [-0.2, -0.15) is 5.26 Å². The molecule has 0 unspecified atom stereocenters. The van der Waals surface area contributed by atoms with Gasteiger partial charge in [-0.25, -0.2) is 4.39 Å². The van der Waals surface area contributed by atoms with Crippen molar-refractivity contribution in [2.75, 3.05) is 18.1 Å². The molecule has 1 amide bonds. The van der Waals surface area contributed by atoms with Gasteiger partial charge >= 0.3 is 0 Å². The third-order valence-corrected chi connectivity index (χ3v) is 3.93. The van der Waals surface area contributed by atoms with Gasteiger partial charge in [-0.05, 0) is 30.3 Å². The minimum atomic E-state index is -0.537. The molecule has 0 fully saturated rings. The van der Waals surface area contributed by atoms with Crippen LogP contribution in [0.1, 0.15) is 6.42 Å². The summed E-state index contributed by atoms with van der Waals surface area (Å²) in [6.07, 6.45) is 0.0825.